The number of aliphatic hydroxyl groups excluding tert-OH is 1. The summed E-state index contributed by atoms with van der Waals surface area (Å²) < 4.78 is 2.03. The first kappa shape index (κ1) is 16.5. The van der Waals surface area contributed by atoms with Gasteiger partial charge in [0.05, 0.1) is 6.10 Å². The molecular weight excluding hydrogens is 262 g/mol. The number of aliphatic hydroxyl groups is 1. The van der Waals surface area contributed by atoms with Crippen LogP contribution in [0.2, 0.25) is 0 Å². The molecule has 0 spiro atoms. The van der Waals surface area contributed by atoms with E-state index in [4.69, 9.17) is 0 Å². The molecule has 0 aliphatic heterocycles. The van der Waals surface area contributed by atoms with E-state index in [-0.39, 0.29) is 11.5 Å². The number of hydrogen-bond acceptors (Lipinski definition) is 3. The summed E-state index contributed by atoms with van der Waals surface area (Å²) in [4.78, 5) is 4.46. The highest BCUT2D eigenvalue weighted by molar-refractivity contribution is 4.96. The SMILES string of the molecule is CC(C)Cn1ncnc1CC(C)(C)C1CCC(C)CC1O. The topological polar surface area (TPSA) is 50.9 Å². The van der Waals surface area contributed by atoms with Crippen molar-refractivity contribution in [2.75, 3.05) is 0 Å². The van der Waals surface area contributed by atoms with E-state index in [0.717, 1.165) is 31.6 Å². The summed E-state index contributed by atoms with van der Waals surface area (Å²) in [6.07, 6.45) is 5.65. The fraction of sp³-hybridized carbons (Fsp3) is 0.882. The molecule has 1 N–H and O–H groups in total. The lowest BCUT2D eigenvalue weighted by Gasteiger charge is -2.42. The first-order valence-electron chi connectivity index (χ1n) is 8.34. The van der Waals surface area contributed by atoms with Gasteiger partial charge in [0.1, 0.15) is 12.2 Å². The molecule has 21 heavy (non-hydrogen) atoms. The van der Waals surface area contributed by atoms with Crippen molar-refractivity contribution in [2.24, 2.45) is 23.2 Å². The van der Waals surface area contributed by atoms with Gasteiger partial charge in [-0.25, -0.2) is 9.67 Å². The van der Waals surface area contributed by atoms with E-state index < -0.39 is 0 Å². The third kappa shape index (κ3) is 4.06. The normalized spacial score (nSPS) is 27.3. The first-order chi connectivity index (χ1) is 9.79. The molecule has 1 aliphatic rings. The lowest BCUT2D eigenvalue weighted by molar-refractivity contribution is -0.0136. The molecule has 1 fully saturated rings. The average molecular weight is 293 g/mol. The minimum absolute atomic E-state index is 0.0569. The van der Waals surface area contributed by atoms with Crippen LogP contribution in [0.15, 0.2) is 6.33 Å². The standard InChI is InChI=1S/C17H31N3O/c1-12(2)10-20-16(18-11-19-20)9-17(4,5)14-7-6-13(3)8-15(14)21/h11-15,21H,6-10H2,1-5H3. The van der Waals surface area contributed by atoms with Gasteiger partial charge in [-0.1, -0.05) is 41.0 Å². The minimum atomic E-state index is -0.176. The van der Waals surface area contributed by atoms with E-state index in [1.807, 2.05) is 4.68 Å². The fourth-order valence-electron chi connectivity index (χ4n) is 3.72. The lowest BCUT2D eigenvalue weighted by Crippen LogP contribution is -2.40. The minimum Gasteiger partial charge on any atom is -0.393 e. The molecule has 4 nitrogen and oxygen atoms in total. The molecule has 2 rings (SSSR count). The Labute approximate surface area is 129 Å². The van der Waals surface area contributed by atoms with E-state index in [1.165, 1.54) is 6.42 Å². The molecular formula is C17H31N3O. The summed E-state index contributed by atoms with van der Waals surface area (Å²) in [6, 6.07) is 0. The third-order valence-corrected chi connectivity index (χ3v) is 4.93. The van der Waals surface area contributed by atoms with Gasteiger partial charge in [-0.15, -0.1) is 0 Å². The van der Waals surface area contributed by atoms with E-state index in [2.05, 4.69) is 44.7 Å². The zero-order chi connectivity index (χ0) is 15.6. The second kappa shape index (κ2) is 6.47. The van der Waals surface area contributed by atoms with Gasteiger partial charge in [0.25, 0.3) is 0 Å². The van der Waals surface area contributed by atoms with Gasteiger partial charge in [0, 0.05) is 13.0 Å². The molecule has 0 radical (unpaired) electrons. The highest BCUT2D eigenvalue weighted by Gasteiger charge is 2.39. The van der Waals surface area contributed by atoms with E-state index >= 15 is 0 Å². The Morgan fingerprint density at radius 1 is 1.38 bits per heavy atom. The molecule has 3 atom stereocenters. The molecule has 1 aromatic rings. The van der Waals surface area contributed by atoms with Crippen LogP contribution >= 0.6 is 0 Å². The van der Waals surface area contributed by atoms with Crippen LogP contribution in [-0.4, -0.2) is 26.0 Å². The lowest BCUT2D eigenvalue weighted by atomic mass is 9.66. The molecule has 1 aromatic heterocycles. The summed E-state index contributed by atoms with van der Waals surface area (Å²) in [5.41, 5.74) is 0.0569. The quantitative estimate of drug-likeness (QED) is 0.906. The van der Waals surface area contributed by atoms with Crippen molar-refractivity contribution < 1.29 is 5.11 Å². The van der Waals surface area contributed by atoms with Crippen molar-refractivity contribution in [3.63, 3.8) is 0 Å². The van der Waals surface area contributed by atoms with Crippen molar-refractivity contribution >= 4 is 0 Å². The predicted molar refractivity (Wildman–Crippen MR) is 84.9 cm³/mol. The van der Waals surface area contributed by atoms with Gasteiger partial charge in [0.2, 0.25) is 0 Å². The summed E-state index contributed by atoms with van der Waals surface area (Å²) in [5, 5.41) is 14.8. The van der Waals surface area contributed by atoms with Gasteiger partial charge < -0.3 is 5.11 Å². The smallest absolute Gasteiger partial charge is 0.138 e. The molecule has 0 saturated heterocycles. The van der Waals surface area contributed by atoms with Crippen LogP contribution in [0.3, 0.4) is 0 Å². The molecule has 1 aliphatic carbocycles. The maximum Gasteiger partial charge on any atom is 0.138 e. The van der Waals surface area contributed by atoms with Crippen molar-refractivity contribution in [2.45, 2.75) is 73.0 Å². The molecule has 4 heteroatoms. The second-order valence-electron chi connectivity index (χ2n) is 8.01. The summed E-state index contributed by atoms with van der Waals surface area (Å²) in [5.74, 6) is 2.63. The van der Waals surface area contributed by atoms with Crippen LogP contribution in [0.1, 0.15) is 59.7 Å². The van der Waals surface area contributed by atoms with Gasteiger partial charge in [0.15, 0.2) is 0 Å². The van der Waals surface area contributed by atoms with Crippen LogP contribution < -0.4 is 0 Å². The van der Waals surface area contributed by atoms with Gasteiger partial charge in [-0.2, -0.15) is 5.10 Å². The van der Waals surface area contributed by atoms with E-state index in [0.29, 0.717) is 17.8 Å². The maximum atomic E-state index is 10.5. The number of hydrogen-bond donors (Lipinski definition) is 1. The molecule has 0 aromatic carbocycles. The second-order valence-corrected chi connectivity index (χ2v) is 8.01. The van der Waals surface area contributed by atoms with Crippen LogP contribution in [0, 0.1) is 23.2 Å². The zero-order valence-electron chi connectivity index (χ0n) is 14.2. The monoisotopic (exact) mass is 293 g/mol. The maximum absolute atomic E-state index is 10.5. The molecule has 1 heterocycles. The average Bonchev–Trinajstić information content (AvgIpc) is 2.74. The third-order valence-electron chi connectivity index (χ3n) is 4.93. The highest BCUT2D eigenvalue weighted by Crippen LogP contribution is 2.42. The van der Waals surface area contributed by atoms with E-state index in [9.17, 15) is 5.11 Å². The van der Waals surface area contributed by atoms with E-state index in [1.54, 1.807) is 6.33 Å². The van der Waals surface area contributed by atoms with Gasteiger partial charge >= 0.3 is 0 Å². The predicted octanol–water partition coefficient (Wildman–Crippen LogP) is 3.30. The Bertz CT molecular complexity index is 453. The first-order valence-corrected chi connectivity index (χ1v) is 8.34. The largest absolute Gasteiger partial charge is 0.393 e. The Morgan fingerprint density at radius 2 is 2.10 bits per heavy atom. The number of aromatic nitrogens is 3. The van der Waals surface area contributed by atoms with Crippen molar-refractivity contribution in [1.29, 1.82) is 0 Å². The Morgan fingerprint density at radius 3 is 2.71 bits per heavy atom. The van der Waals surface area contributed by atoms with Crippen LogP contribution in [0.25, 0.3) is 0 Å². The van der Waals surface area contributed by atoms with Crippen LogP contribution in [0.5, 0.6) is 0 Å². The highest BCUT2D eigenvalue weighted by atomic mass is 16.3. The summed E-state index contributed by atoms with van der Waals surface area (Å²) in [6.45, 7) is 12.1. The molecule has 0 bridgehead atoms. The Balaban J connectivity index is 2.08. The summed E-state index contributed by atoms with van der Waals surface area (Å²) in [7, 11) is 0. The Kier molecular flexibility index (Phi) is 5.07. The van der Waals surface area contributed by atoms with Crippen LogP contribution in [-0.2, 0) is 13.0 Å². The van der Waals surface area contributed by atoms with Crippen molar-refractivity contribution in [1.82, 2.24) is 14.8 Å². The number of rotatable bonds is 5. The molecule has 120 valence electrons. The Hall–Kier alpha value is -0.900. The van der Waals surface area contributed by atoms with Crippen LogP contribution in [0.4, 0.5) is 0 Å². The molecule has 3 unspecified atom stereocenters. The molecule has 1 saturated carbocycles. The van der Waals surface area contributed by atoms with Gasteiger partial charge in [-0.05, 0) is 36.0 Å². The number of nitrogens with zero attached hydrogens (tertiary/aromatic N) is 3. The van der Waals surface area contributed by atoms with Crippen molar-refractivity contribution in [3.8, 4) is 0 Å². The summed E-state index contributed by atoms with van der Waals surface area (Å²) >= 11 is 0. The molecule has 0 amide bonds. The van der Waals surface area contributed by atoms with Crippen molar-refractivity contribution in [3.05, 3.63) is 12.2 Å². The fourth-order valence-corrected chi connectivity index (χ4v) is 3.72. The zero-order valence-corrected chi connectivity index (χ0v) is 14.2. The van der Waals surface area contributed by atoms with Gasteiger partial charge in [-0.3, -0.25) is 0 Å².